The highest BCUT2D eigenvalue weighted by molar-refractivity contribution is 5.99. The Morgan fingerprint density at radius 1 is 1.06 bits per heavy atom. The fraction of sp³-hybridized carbons (Fsp3) is 0.480. The molecule has 33 heavy (non-hydrogen) atoms. The maximum absolute atomic E-state index is 13.0. The maximum Gasteiger partial charge on any atom is 0.166 e. The minimum atomic E-state index is -1.57. The van der Waals surface area contributed by atoms with Crippen LogP contribution in [-0.4, -0.2) is 69.4 Å². The molecule has 0 amide bonds. The smallest absolute Gasteiger partial charge is 0.166 e. The first-order chi connectivity index (χ1) is 15.8. The van der Waals surface area contributed by atoms with Crippen LogP contribution in [-0.2, 0) is 24.0 Å². The van der Waals surface area contributed by atoms with E-state index in [-0.39, 0.29) is 34.8 Å². The highest BCUT2D eigenvalue weighted by Crippen LogP contribution is 2.40. The highest BCUT2D eigenvalue weighted by atomic mass is 16.5. The number of methoxy groups -OCH3 is 1. The number of hydrogen-bond acceptors (Lipinski definition) is 8. The lowest BCUT2D eigenvalue weighted by molar-refractivity contribution is -0.232. The summed E-state index contributed by atoms with van der Waals surface area (Å²) in [4.78, 5) is 13.0. The van der Waals surface area contributed by atoms with Gasteiger partial charge in [-0.05, 0) is 48.4 Å². The van der Waals surface area contributed by atoms with Crippen LogP contribution in [0.4, 0.5) is 0 Å². The number of phenols is 1. The Morgan fingerprint density at radius 3 is 2.55 bits per heavy atom. The Bertz CT molecular complexity index is 1020. The van der Waals surface area contributed by atoms with Crippen LogP contribution in [0.15, 0.2) is 30.3 Å². The first kappa shape index (κ1) is 23.7. The Balaban J connectivity index is 1.57. The molecular weight excluding hydrogens is 428 g/mol. The molecule has 5 atom stereocenters. The molecule has 0 bridgehead atoms. The molecule has 1 aliphatic heterocycles. The molecule has 4 rings (SSSR count). The molecule has 1 saturated heterocycles. The van der Waals surface area contributed by atoms with Gasteiger partial charge in [0.1, 0.15) is 42.0 Å². The molecule has 8 nitrogen and oxygen atoms in total. The third-order valence-corrected chi connectivity index (χ3v) is 6.65. The Labute approximate surface area is 192 Å². The average Bonchev–Trinajstić information content (AvgIpc) is 3.29. The van der Waals surface area contributed by atoms with Crippen LogP contribution in [0.2, 0.25) is 0 Å². The van der Waals surface area contributed by atoms with E-state index in [1.54, 1.807) is 0 Å². The van der Waals surface area contributed by atoms with Crippen molar-refractivity contribution in [2.24, 2.45) is 0 Å². The molecule has 5 unspecified atom stereocenters. The number of ether oxygens (including phenoxy) is 2. The molecule has 178 valence electrons. The van der Waals surface area contributed by atoms with Gasteiger partial charge >= 0.3 is 0 Å². The zero-order valence-electron chi connectivity index (χ0n) is 18.5. The third-order valence-electron chi connectivity index (χ3n) is 6.65. The number of aryl methyl sites for hydroxylation is 3. The fourth-order valence-corrected chi connectivity index (χ4v) is 4.74. The highest BCUT2D eigenvalue weighted by Gasteiger charge is 2.45. The molecular formula is C25H30O8. The van der Waals surface area contributed by atoms with E-state index >= 15 is 0 Å². The first-order valence-electron chi connectivity index (χ1n) is 11.2. The third kappa shape index (κ3) is 4.62. The Kier molecular flexibility index (Phi) is 7.02. The number of Topliss-reactive ketones (excluding diaryl/α,β-unsaturated/α-hetero) is 1. The molecule has 0 saturated carbocycles. The summed E-state index contributed by atoms with van der Waals surface area (Å²) >= 11 is 0. The predicted molar refractivity (Wildman–Crippen MR) is 118 cm³/mol. The normalized spacial score (nSPS) is 26.8. The standard InChI is InChI=1S/C25H30O8/c1-32-20-11-19(28)16(10-17(20)25-24(31)23(30)22(29)21(12-26)33-25)18(27)8-6-13-5-7-14-3-2-4-15(14)9-13/h5,7,9-11,21-26,28-31H,2-4,6,8,12H2,1H3. The number of benzene rings is 2. The summed E-state index contributed by atoms with van der Waals surface area (Å²) in [5.74, 6) is -0.410. The monoisotopic (exact) mass is 458 g/mol. The van der Waals surface area contributed by atoms with Crippen molar-refractivity contribution in [3.8, 4) is 11.5 Å². The summed E-state index contributed by atoms with van der Waals surface area (Å²) in [6.07, 6.45) is -2.90. The van der Waals surface area contributed by atoms with E-state index in [9.17, 15) is 30.3 Å². The van der Waals surface area contributed by atoms with Gasteiger partial charge in [-0.1, -0.05) is 18.2 Å². The van der Waals surface area contributed by atoms with Gasteiger partial charge in [-0.25, -0.2) is 0 Å². The van der Waals surface area contributed by atoms with E-state index in [1.807, 2.05) is 6.07 Å². The molecule has 1 aliphatic carbocycles. The van der Waals surface area contributed by atoms with E-state index in [0.29, 0.717) is 6.42 Å². The minimum absolute atomic E-state index is 0.0453. The number of phenolic OH excluding ortho intramolecular Hbond substituents is 1. The molecule has 0 spiro atoms. The SMILES string of the molecule is COc1cc(O)c(C(=O)CCc2ccc3c(c2)CCC3)cc1C1OC(CO)C(O)C(O)C1O. The van der Waals surface area contributed by atoms with E-state index in [4.69, 9.17) is 9.47 Å². The fourth-order valence-electron chi connectivity index (χ4n) is 4.74. The van der Waals surface area contributed by atoms with Gasteiger partial charge in [-0.3, -0.25) is 4.79 Å². The van der Waals surface area contributed by atoms with Crippen molar-refractivity contribution in [2.45, 2.75) is 62.6 Å². The van der Waals surface area contributed by atoms with Gasteiger partial charge in [0.2, 0.25) is 0 Å². The number of carbonyl (C=O) groups excluding carboxylic acids is 1. The largest absolute Gasteiger partial charge is 0.507 e. The molecule has 0 radical (unpaired) electrons. The zero-order valence-corrected chi connectivity index (χ0v) is 18.5. The maximum atomic E-state index is 13.0. The minimum Gasteiger partial charge on any atom is -0.507 e. The molecule has 1 fully saturated rings. The molecule has 2 aromatic carbocycles. The number of aromatic hydroxyl groups is 1. The van der Waals surface area contributed by atoms with Gasteiger partial charge < -0.3 is 35.0 Å². The second-order valence-electron chi connectivity index (χ2n) is 8.74. The van der Waals surface area contributed by atoms with E-state index in [0.717, 1.165) is 24.8 Å². The molecule has 2 aliphatic rings. The summed E-state index contributed by atoms with van der Waals surface area (Å²) in [5, 5.41) is 50.7. The van der Waals surface area contributed by atoms with Crippen LogP contribution < -0.4 is 4.74 Å². The van der Waals surface area contributed by atoms with Gasteiger partial charge in [0.05, 0.1) is 19.3 Å². The van der Waals surface area contributed by atoms with Crippen molar-refractivity contribution in [1.82, 2.24) is 0 Å². The Morgan fingerprint density at radius 2 is 1.82 bits per heavy atom. The van der Waals surface area contributed by atoms with Gasteiger partial charge in [0.15, 0.2) is 5.78 Å². The van der Waals surface area contributed by atoms with Gasteiger partial charge in [0, 0.05) is 18.1 Å². The van der Waals surface area contributed by atoms with Crippen LogP contribution in [0, 0.1) is 0 Å². The van der Waals surface area contributed by atoms with Crippen molar-refractivity contribution >= 4 is 5.78 Å². The summed E-state index contributed by atoms with van der Waals surface area (Å²) in [6.45, 7) is -0.575. The van der Waals surface area contributed by atoms with Gasteiger partial charge in [-0.2, -0.15) is 0 Å². The quantitative estimate of drug-likeness (QED) is 0.391. The molecule has 8 heteroatoms. The lowest BCUT2D eigenvalue weighted by Crippen LogP contribution is -2.55. The molecule has 5 N–H and O–H groups in total. The number of fused-ring (bicyclic) bond motifs is 1. The number of carbonyl (C=O) groups is 1. The van der Waals surface area contributed by atoms with E-state index < -0.39 is 37.1 Å². The zero-order chi connectivity index (χ0) is 23.7. The van der Waals surface area contributed by atoms with Crippen molar-refractivity contribution in [3.05, 3.63) is 58.1 Å². The number of hydrogen-bond donors (Lipinski definition) is 5. The molecule has 2 aromatic rings. The van der Waals surface area contributed by atoms with Crippen molar-refractivity contribution in [2.75, 3.05) is 13.7 Å². The topological polar surface area (TPSA) is 137 Å². The summed E-state index contributed by atoms with van der Waals surface area (Å²) in [6, 6.07) is 8.93. The summed E-state index contributed by atoms with van der Waals surface area (Å²) < 4.78 is 10.9. The summed E-state index contributed by atoms with van der Waals surface area (Å²) in [7, 11) is 1.36. The van der Waals surface area contributed by atoms with Crippen molar-refractivity contribution < 1.29 is 39.8 Å². The lowest BCUT2D eigenvalue weighted by Gasteiger charge is -2.40. The van der Waals surface area contributed by atoms with Gasteiger partial charge in [-0.15, -0.1) is 0 Å². The van der Waals surface area contributed by atoms with Crippen LogP contribution in [0.3, 0.4) is 0 Å². The Hall–Kier alpha value is -2.49. The number of rotatable bonds is 7. The van der Waals surface area contributed by atoms with Crippen molar-refractivity contribution in [3.63, 3.8) is 0 Å². The number of aliphatic hydroxyl groups excluding tert-OH is 4. The number of aliphatic hydroxyl groups is 4. The second-order valence-corrected chi connectivity index (χ2v) is 8.74. The van der Waals surface area contributed by atoms with Gasteiger partial charge in [0.25, 0.3) is 0 Å². The summed E-state index contributed by atoms with van der Waals surface area (Å²) in [5.41, 5.74) is 4.03. The first-order valence-corrected chi connectivity index (χ1v) is 11.2. The predicted octanol–water partition coefficient (Wildman–Crippen LogP) is 1.22. The van der Waals surface area contributed by atoms with Crippen molar-refractivity contribution in [1.29, 1.82) is 0 Å². The van der Waals surface area contributed by atoms with Crippen LogP contribution >= 0.6 is 0 Å². The molecule has 1 heterocycles. The molecule has 0 aromatic heterocycles. The van der Waals surface area contributed by atoms with Crippen LogP contribution in [0.5, 0.6) is 11.5 Å². The second kappa shape index (κ2) is 9.79. The average molecular weight is 459 g/mol. The lowest BCUT2D eigenvalue weighted by atomic mass is 9.89. The van der Waals surface area contributed by atoms with Crippen LogP contribution in [0.25, 0.3) is 0 Å². The van der Waals surface area contributed by atoms with Crippen LogP contribution in [0.1, 0.15) is 51.6 Å². The number of ketones is 1. The van der Waals surface area contributed by atoms with E-state index in [1.165, 1.54) is 30.4 Å². The van der Waals surface area contributed by atoms with E-state index in [2.05, 4.69) is 12.1 Å².